The number of phenols is 1. The van der Waals surface area contributed by atoms with E-state index in [1.807, 2.05) is 24.3 Å². The Morgan fingerprint density at radius 3 is 2.59 bits per heavy atom. The van der Waals surface area contributed by atoms with Gasteiger partial charge in [-0.15, -0.1) is 11.3 Å². The van der Waals surface area contributed by atoms with Gasteiger partial charge in [0.05, 0.1) is 0 Å². The summed E-state index contributed by atoms with van der Waals surface area (Å²) in [5.74, 6) is 1.43. The van der Waals surface area contributed by atoms with Crippen LogP contribution in [0.4, 0.5) is 0 Å². The molecule has 34 heavy (non-hydrogen) atoms. The lowest BCUT2D eigenvalue weighted by Crippen LogP contribution is -2.33. The van der Waals surface area contributed by atoms with Gasteiger partial charge < -0.3 is 9.84 Å². The van der Waals surface area contributed by atoms with Crippen molar-refractivity contribution < 1.29 is 14.6 Å². The van der Waals surface area contributed by atoms with Gasteiger partial charge in [-0.2, -0.15) is 0 Å². The van der Waals surface area contributed by atoms with Crippen LogP contribution in [0.25, 0.3) is 21.2 Å². The van der Waals surface area contributed by atoms with Gasteiger partial charge >= 0.3 is 0 Å². The van der Waals surface area contributed by atoms with Gasteiger partial charge in [-0.05, 0) is 79.4 Å². The lowest BCUT2D eigenvalue weighted by molar-refractivity contribution is -0.118. The number of fused-ring (bicyclic) bond motifs is 1. The topological polar surface area (TPSA) is 49.8 Å². The lowest BCUT2D eigenvalue weighted by atomic mass is 9.90. The molecule has 1 aliphatic heterocycles. The maximum atomic E-state index is 11.8. The van der Waals surface area contributed by atoms with Crippen molar-refractivity contribution in [3.05, 3.63) is 71.1 Å². The molecule has 5 rings (SSSR count). The number of carbonyl (C=O) groups excluding carboxylic acids is 1. The number of likely N-dealkylation sites (tertiary alicyclic amines) is 1. The van der Waals surface area contributed by atoms with Gasteiger partial charge in [0.15, 0.2) is 0 Å². The van der Waals surface area contributed by atoms with E-state index in [0.29, 0.717) is 25.2 Å². The number of ether oxygens (including phenoxy) is 1. The molecular formula is C29H31NO3S. The summed E-state index contributed by atoms with van der Waals surface area (Å²) in [6.07, 6.45) is 7.82. The van der Waals surface area contributed by atoms with Crippen LogP contribution in [-0.4, -0.2) is 42.0 Å². The molecule has 0 unspecified atom stereocenters. The average molecular weight is 474 g/mol. The number of nitrogens with zero attached hydrogens (tertiary/aromatic N) is 1. The Morgan fingerprint density at radius 2 is 1.85 bits per heavy atom. The fourth-order valence-corrected chi connectivity index (χ4v) is 6.24. The van der Waals surface area contributed by atoms with E-state index in [1.165, 1.54) is 37.9 Å². The van der Waals surface area contributed by atoms with Crippen LogP contribution in [-0.2, 0) is 4.79 Å². The van der Waals surface area contributed by atoms with E-state index < -0.39 is 0 Å². The summed E-state index contributed by atoms with van der Waals surface area (Å²) in [5, 5.41) is 11.1. The zero-order valence-corrected chi connectivity index (χ0v) is 20.3. The summed E-state index contributed by atoms with van der Waals surface area (Å²) in [5.41, 5.74) is 4.29. The molecule has 0 atom stereocenters. The van der Waals surface area contributed by atoms with E-state index in [9.17, 15) is 9.90 Å². The first-order valence-electron chi connectivity index (χ1n) is 12.2. The fraction of sp³-hybridized carbons (Fsp3) is 0.345. The van der Waals surface area contributed by atoms with E-state index in [2.05, 4.69) is 29.7 Å². The highest BCUT2D eigenvalue weighted by Crippen LogP contribution is 2.44. The molecule has 1 fully saturated rings. The number of allylic oxidation sites excluding steroid dienone is 2. The molecule has 0 radical (unpaired) electrons. The number of Topliss-reactive ketones (excluding diaryl/α,β-unsaturated/α-hetero) is 1. The average Bonchev–Trinajstić information content (AvgIpc) is 3.23. The third-order valence-corrected chi connectivity index (χ3v) is 8.07. The third kappa shape index (κ3) is 4.96. The van der Waals surface area contributed by atoms with Crippen LogP contribution in [0.15, 0.2) is 55.1 Å². The zero-order valence-electron chi connectivity index (χ0n) is 19.5. The highest BCUT2D eigenvalue weighted by Gasteiger charge is 2.22. The Hall–Kier alpha value is -2.89. The smallest absolute Gasteiger partial charge is 0.137 e. The summed E-state index contributed by atoms with van der Waals surface area (Å²) < 4.78 is 7.04. The number of hydrogen-bond acceptors (Lipinski definition) is 5. The Labute approximate surface area is 205 Å². The van der Waals surface area contributed by atoms with Crippen LogP contribution in [0.1, 0.15) is 54.5 Å². The first-order valence-corrected chi connectivity index (χ1v) is 13.0. The van der Waals surface area contributed by atoms with Crippen molar-refractivity contribution in [3.8, 4) is 11.5 Å². The Morgan fingerprint density at radius 1 is 1.06 bits per heavy atom. The van der Waals surface area contributed by atoms with Crippen LogP contribution in [0.2, 0.25) is 0 Å². The lowest BCUT2D eigenvalue weighted by Gasteiger charge is -2.26. The first kappa shape index (κ1) is 22.9. The van der Waals surface area contributed by atoms with Crippen LogP contribution < -0.4 is 4.74 Å². The minimum Gasteiger partial charge on any atom is -0.508 e. The van der Waals surface area contributed by atoms with Crippen molar-refractivity contribution >= 4 is 38.4 Å². The summed E-state index contributed by atoms with van der Waals surface area (Å²) in [6, 6.07) is 13.7. The first-order chi connectivity index (χ1) is 16.6. The van der Waals surface area contributed by atoms with Crippen LogP contribution >= 0.6 is 11.3 Å². The number of hydrogen-bond donors (Lipinski definition) is 1. The number of piperidine rings is 1. The van der Waals surface area contributed by atoms with E-state index in [1.54, 1.807) is 17.4 Å². The number of aromatic hydroxyl groups is 1. The van der Waals surface area contributed by atoms with E-state index in [4.69, 9.17) is 4.74 Å². The molecule has 3 aromatic rings. The second kappa shape index (κ2) is 10.2. The normalized spacial score (nSPS) is 17.1. The molecule has 2 aliphatic rings. The second-order valence-electron chi connectivity index (χ2n) is 9.21. The number of thiophene rings is 1. The molecule has 4 nitrogen and oxygen atoms in total. The van der Waals surface area contributed by atoms with Crippen LogP contribution in [0, 0.1) is 0 Å². The van der Waals surface area contributed by atoms with Crippen molar-refractivity contribution in [3.63, 3.8) is 0 Å². The molecule has 1 saturated heterocycles. The Bertz CT molecular complexity index is 1230. The number of rotatable bonds is 7. The molecule has 0 bridgehead atoms. The minimum absolute atomic E-state index is 0.260. The Kier molecular flexibility index (Phi) is 6.84. The molecule has 1 aromatic heterocycles. The van der Waals surface area contributed by atoms with Gasteiger partial charge in [-0.3, -0.25) is 9.69 Å². The number of carbonyl (C=O) groups is 1. The summed E-state index contributed by atoms with van der Waals surface area (Å²) in [4.78, 5) is 15.4. The van der Waals surface area contributed by atoms with Gasteiger partial charge in [-0.1, -0.05) is 31.2 Å². The minimum atomic E-state index is 0.260. The molecule has 176 valence electrons. The van der Waals surface area contributed by atoms with E-state index in [0.717, 1.165) is 50.4 Å². The van der Waals surface area contributed by atoms with Gasteiger partial charge in [0.1, 0.15) is 23.9 Å². The molecule has 1 aliphatic carbocycles. The van der Waals surface area contributed by atoms with Crippen molar-refractivity contribution in [2.75, 3.05) is 26.2 Å². The van der Waals surface area contributed by atoms with Gasteiger partial charge in [0.2, 0.25) is 0 Å². The quantitative estimate of drug-likeness (QED) is 0.416. The van der Waals surface area contributed by atoms with Crippen molar-refractivity contribution in [1.29, 1.82) is 0 Å². The van der Waals surface area contributed by atoms with Gasteiger partial charge in [0.25, 0.3) is 0 Å². The largest absolute Gasteiger partial charge is 0.508 e. The van der Waals surface area contributed by atoms with Crippen LogP contribution in [0.3, 0.4) is 0 Å². The predicted molar refractivity (Wildman–Crippen MR) is 141 cm³/mol. The number of ketones is 1. The number of benzene rings is 2. The molecule has 1 N–H and O–H groups in total. The molecule has 2 heterocycles. The maximum Gasteiger partial charge on any atom is 0.137 e. The van der Waals surface area contributed by atoms with Crippen LogP contribution in [0.5, 0.6) is 11.5 Å². The maximum absolute atomic E-state index is 11.8. The highest BCUT2D eigenvalue weighted by atomic mass is 32.1. The van der Waals surface area contributed by atoms with Crippen molar-refractivity contribution in [1.82, 2.24) is 4.90 Å². The van der Waals surface area contributed by atoms with E-state index >= 15 is 0 Å². The molecule has 0 amide bonds. The molecule has 2 aromatic carbocycles. The van der Waals surface area contributed by atoms with Crippen molar-refractivity contribution in [2.45, 2.75) is 38.5 Å². The van der Waals surface area contributed by atoms with E-state index in [-0.39, 0.29) is 5.75 Å². The SMILES string of the molecule is C=C(c1ccc(OCCN2CCCCC2)cc1)c1c(C2=CCC(=O)CC2)sc2cc(O)ccc12. The number of phenolic OH excluding ortho intramolecular Hbond substituents is 1. The predicted octanol–water partition coefficient (Wildman–Crippen LogP) is 6.67. The standard InChI is InChI=1S/C29H31NO3S/c1-20(21-7-12-25(13-8-21)33-18-17-30-15-3-2-4-16-30)28-26-14-11-24(32)19-27(26)34-29(28)22-5-9-23(31)10-6-22/h5,7-8,11-14,19,32H,1-4,6,9-10,15-18H2. The van der Waals surface area contributed by atoms with Gasteiger partial charge in [0, 0.05) is 39.9 Å². The third-order valence-electron chi connectivity index (χ3n) is 6.84. The van der Waals surface area contributed by atoms with Crippen molar-refractivity contribution in [2.24, 2.45) is 0 Å². The summed E-state index contributed by atoms with van der Waals surface area (Å²) in [7, 11) is 0. The monoisotopic (exact) mass is 473 g/mol. The summed E-state index contributed by atoms with van der Waals surface area (Å²) >= 11 is 1.67. The Balaban J connectivity index is 1.37. The molecular weight excluding hydrogens is 442 g/mol. The summed E-state index contributed by atoms with van der Waals surface area (Å²) in [6.45, 7) is 8.51. The molecule has 5 heteroatoms. The fourth-order valence-electron chi connectivity index (χ4n) is 4.90. The highest BCUT2D eigenvalue weighted by molar-refractivity contribution is 7.20. The van der Waals surface area contributed by atoms with Gasteiger partial charge in [-0.25, -0.2) is 0 Å². The molecule has 0 spiro atoms. The molecule has 0 saturated carbocycles. The second-order valence-corrected chi connectivity index (χ2v) is 10.3. The zero-order chi connectivity index (χ0) is 23.5.